The lowest BCUT2D eigenvalue weighted by Crippen LogP contribution is -2.14. The van der Waals surface area contributed by atoms with E-state index in [1.165, 1.54) is 11.8 Å². The third-order valence-corrected chi connectivity index (χ3v) is 21.2. The molecule has 0 aliphatic carbocycles. The van der Waals surface area contributed by atoms with Gasteiger partial charge in [-0.25, -0.2) is 7.26 Å². The first-order valence-corrected chi connectivity index (χ1v) is 26.1. The second-order valence-corrected chi connectivity index (χ2v) is 24.1. The lowest BCUT2D eigenvalue weighted by Gasteiger charge is -2.39. The molecule has 0 aliphatic heterocycles. The predicted molar refractivity (Wildman–Crippen MR) is 246 cm³/mol. The maximum absolute atomic E-state index is 14.2. The van der Waals surface area contributed by atoms with Gasteiger partial charge in [0.25, 0.3) is 0 Å². The highest BCUT2D eigenvalue weighted by Gasteiger charge is 2.40. The van der Waals surface area contributed by atoms with Crippen LogP contribution in [0.25, 0.3) is 0 Å². The third kappa shape index (κ3) is 8.87. The molecule has 0 unspecified atom stereocenters. The number of hydrogen-bond donors (Lipinski definition) is 0. The normalized spacial score (nSPS) is 12.8. The summed E-state index contributed by atoms with van der Waals surface area (Å²) in [4.78, 5) is 6.37. The Kier molecular flexibility index (Phi) is 12.4. The lowest BCUT2D eigenvalue weighted by atomic mass is 10.2. The molecule has 0 aliphatic rings. The third-order valence-electron chi connectivity index (χ3n) is 9.85. The van der Waals surface area contributed by atoms with Crippen LogP contribution in [-0.2, 0) is 27.5 Å². The number of aryl methyl sites for hydroxylation is 2. The quantitative estimate of drug-likeness (QED) is 0.107. The van der Waals surface area contributed by atoms with E-state index in [9.17, 15) is 16.8 Å². The maximum Gasteiger partial charge on any atom is 0.307 e. The van der Waals surface area contributed by atoms with Crippen molar-refractivity contribution in [3.05, 3.63) is 230 Å². The van der Waals surface area contributed by atoms with Crippen LogP contribution < -0.4 is 0 Å². The zero-order valence-electron chi connectivity index (χ0n) is 33.3. The van der Waals surface area contributed by atoms with Crippen molar-refractivity contribution >= 4 is 52.6 Å². The zero-order chi connectivity index (χ0) is 42.5. The largest absolute Gasteiger partial charge is 0.307 e. The summed E-state index contributed by atoms with van der Waals surface area (Å²) in [6, 6.07) is 67.2. The Bertz CT molecular complexity index is 2650. The van der Waals surface area contributed by atoms with Gasteiger partial charge in [0.15, 0.2) is 0 Å². The van der Waals surface area contributed by atoms with Crippen molar-refractivity contribution in [2.45, 2.75) is 62.8 Å². The molecule has 8 rings (SSSR count). The van der Waals surface area contributed by atoms with E-state index in [1.54, 1.807) is 48.5 Å². The molecule has 0 bridgehead atoms. The second kappa shape index (κ2) is 17.9. The Morgan fingerprint density at radius 2 is 0.525 bits per heavy atom. The van der Waals surface area contributed by atoms with Gasteiger partial charge in [-0.05, 0) is 156 Å². The molecule has 0 atom stereocenters. The summed E-state index contributed by atoms with van der Waals surface area (Å²) in [6.07, 6.45) is 0. The van der Waals surface area contributed by atoms with E-state index in [-0.39, 0.29) is 9.79 Å². The molecular weight excluding hydrogens is 857 g/mol. The Morgan fingerprint density at radius 1 is 0.295 bits per heavy atom. The average Bonchev–Trinajstić information content (AvgIpc) is 3.29. The minimum atomic E-state index is -4.24. The molecule has 8 aromatic rings. The van der Waals surface area contributed by atoms with Gasteiger partial charge in [-0.15, -0.1) is 0 Å². The van der Waals surface area contributed by atoms with E-state index in [0.29, 0.717) is 9.79 Å². The molecule has 0 aromatic heterocycles. The van der Waals surface area contributed by atoms with E-state index in [2.05, 4.69) is 0 Å². The van der Waals surface area contributed by atoms with Crippen LogP contribution in [0, 0.1) is 13.8 Å². The van der Waals surface area contributed by atoms with Gasteiger partial charge in [0, 0.05) is 39.2 Å². The fourth-order valence-corrected chi connectivity index (χ4v) is 18.0. The van der Waals surface area contributed by atoms with Crippen molar-refractivity contribution < 1.29 is 24.1 Å². The van der Waals surface area contributed by atoms with Crippen LogP contribution in [0.5, 0.6) is 0 Å². The highest BCUT2D eigenvalue weighted by Crippen LogP contribution is 2.71. The summed E-state index contributed by atoms with van der Waals surface area (Å²) in [7, 11) is -14.1. The Morgan fingerprint density at radius 3 is 0.787 bits per heavy atom. The number of hydrogen-bond acceptors (Lipinski definition) is 7. The summed E-state index contributed by atoms with van der Waals surface area (Å²) < 4.78 is 69.8. The van der Waals surface area contributed by atoms with Crippen LogP contribution in [0.15, 0.2) is 267 Å². The fraction of sp³-hybridized carbons (Fsp3) is 0.0400. The van der Waals surface area contributed by atoms with E-state index in [4.69, 9.17) is 7.26 Å². The van der Waals surface area contributed by atoms with Crippen LogP contribution in [0.1, 0.15) is 11.1 Å². The predicted octanol–water partition coefficient (Wildman–Crippen LogP) is 13.7. The molecule has 61 heavy (non-hydrogen) atoms. The van der Waals surface area contributed by atoms with Crippen molar-refractivity contribution in [3.63, 3.8) is 0 Å². The summed E-state index contributed by atoms with van der Waals surface area (Å²) in [5.41, 5.74) is 1.89. The lowest BCUT2D eigenvalue weighted by molar-refractivity contribution is 0.506. The van der Waals surface area contributed by atoms with E-state index >= 15 is 0 Å². The van der Waals surface area contributed by atoms with Crippen LogP contribution in [-0.4, -0.2) is 16.8 Å². The van der Waals surface area contributed by atoms with E-state index in [1.807, 2.05) is 184 Å². The Hall–Kier alpha value is -5.37. The minimum Gasteiger partial charge on any atom is -0.203 e. The van der Waals surface area contributed by atoms with Crippen molar-refractivity contribution in [3.8, 4) is 0 Å². The molecule has 0 fully saturated rings. The maximum atomic E-state index is 14.2. The Labute approximate surface area is 366 Å². The molecule has 0 saturated carbocycles. The second-order valence-electron chi connectivity index (χ2n) is 14.1. The van der Waals surface area contributed by atoms with Crippen molar-refractivity contribution in [1.82, 2.24) is 0 Å². The van der Waals surface area contributed by atoms with Crippen LogP contribution in [0.3, 0.4) is 0 Å². The topological polar surface area (TPSA) is 86.7 Å². The molecule has 6 nitrogen and oxygen atoms in total. The average molecular weight is 899 g/mol. The summed E-state index contributed by atoms with van der Waals surface area (Å²) in [5.74, 6) is 0. The summed E-state index contributed by atoms with van der Waals surface area (Å²) >= 11 is 1.53. The molecule has 8 aromatic carbocycles. The molecule has 0 spiro atoms. The molecule has 11 heteroatoms. The first-order chi connectivity index (χ1) is 29.5. The standard InChI is InChI=1S/C50H42O6S5/c1-39-23-31-49(32-24-39)60(51,52)55-58(43-15-7-3-8-16-43,44-17-9-4-10-18-44)47-35-27-41(28-36-47)57-42-29-37-48(38-30-42)59(45-19-11-5-12-20-45,46-21-13-6-14-22-46)56-61(53,54)50-33-25-40(2)26-34-50/h3-38H,1-2H3. The van der Waals surface area contributed by atoms with Crippen LogP contribution in [0.2, 0.25) is 0 Å². The van der Waals surface area contributed by atoms with Gasteiger partial charge in [0.1, 0.15) is 0 Å². The monoisotopic (exact) mass is 898 g/mol. The van der Waals surface area contributed by atoms with Gasteiger partial charge in [-0.1, -0.05) is 120 Å². The minimum absolute atomic E-state index is 0.0843. The molecule has 0 saturated heterocycles. The van der Waals surface area contributed by atoms with Crippen molar-refractivity contribution in [2.24, 2.45) is 0 Å². The molecule has 0 amide bonds. The number of benzene rings is 8. The molecule has 0 heterocycles. The van der Waals surface area contributed by atoms with Crippen LogP contribution >= 0.6 is 32.4 Å². The van der Waals surface area contributed by atoms with Crippen molar-refractivity contribution in [1.29, 1.82) is 0 Å². The molecule has 308 valence electrons. The van der Waals surface area contributed by atoms with Gasteiger partial charge in [-0.3, -0.25) is 0 Å². The fourth-order valence-electron chi connectivity index (χ4n) is 6.79. The zero-order valence-corrected chi connectivity index (χ0v) is 37.4. The molecule has 0 radical (unpaired) electrons. The summed E-state index contributed by atoms with van der Waals surface area (Å²) in [6.45, 7) is 3.82. The smallest absolute Gasteiger partial charge is 0.203 e. The van der Waals surface area contributed by atoms with Gasteiger partial charge >= 0.3 is 20.2 Å². The first kappa shape index (κ1) is 42.3. The SMILES string of the molecule is Cc1ccc(S(=O)(=O)OS(c2ccccc2)(c2ccccc2)c2ccc(Sc3ccc(S(OS(=O)(=O)c4ccc(C)cc4)(c4ccccc4)c4ccccc4)cc3)cc2)cc1. The Balaban J connectivity index is 1.17. The van der Waals surface area contributed by atoms with Gasteiger partial charge in [-0.2, -0.15) is 16.8 Å². The van der Waals surface area contributed by atoms with Gasteiger partial charge in [0.05, 0.1) is 9.79 Å². The first-order valence-electron chi connectivity index (χ1n) is 19.3. The van der Waals surface area contributed by atoms with Gasteiger partial charge in [0.2, 0.25) is 0 Å². The highest BCUT2D eigenvalue weighted by atomic mass is 32.3. The van der Waals surface area contributed by atoms with E-state index < -0.39 is 40.9 Å². The van der Waals surface area contributed by atoms with Crippen molar-refractivity contribution in [2.75, 3.05) is 0 Å². The highest BCUT2D eigenvalue weighted by molar-refractivity contribution is 8.33. The molecular formula is C50H42O6S5. The van der Waals surface area contributed by atoms with Gasteiger partial charge < -0.3 is 0 Å². The molecule has 0 N–H and O–H groups in total. The summed E-state index contributed by atoms with van der Waals surface area (Å²) in [5, 5.41) is 0. The van der Waals surface area contributed by atoms with E-state index in [0.717, 1.165) is 40.5 Å². The number of rotatable bonds is 14. The van der Waals surface area contributed by atoms with Crippen LogP contribution in [0.4, 0.5) is 0 Å².